The smallest absolute Gasteiger partial charge is 0.336 e. The molecule has 9 N–H and O–H groups in total. The predicted molar refractivity (Wildman–Crippen MR) is 191 cm³/mol. The molecule has 0 radical (unpaired) electrons. The first kappa shape index (κ1) is 41.6. The molecule has 0 spiro atoms. The van der Waals surface area contributed by atoms with Gasteiger partial charge in [-0.25, -0.2) is 4.79 Å². The summed E-state index contributed by atoms with van der Waals surface area (Å²) in [5.74, 6) is 1.26. The number of hydrogen-bond acceptors (Lipinski definition) is 15. The minimum absolute atomic E-state index is 0.0672. The summed E-state index contributed by atoms with van der Waals surface area (Å²) in [4.78, 5) is 12.7. The molecule has 7 aliphatic rings. The number of aliphatic hydroxyl groups is 9. The second-order valence-electron chi connectivity index (χ2n) is 18.0. The Bertz CT molecular complexity index is 1470. The van der Waals surface area contributed by atoms with Gasteiger partial charge in [0, 0.05) is 18.3 Å². The summed E-state index contributed by atoms with van der Waals surface area (Å²) < 4.78 is 29.0. The van der Waals surface area contributed by atoms with Crippen LogP contribution < -0.4 is 0 Å². The van der Waals surface area contributed by atoms with Crippen molar-refractivity contribution in [3.8, 4) is 0 Å². The van der Waals surface area contributed by atoms with Crippen molar-refractivity contribution in [3.05, 3.63) is 22.8 Å². The normalized spacial score (nSPS) is 50.7. The summed E-state index contributed by atoms with van der Waals surface area (Å²) in [6.07, 6.45) is -8.00. The quantitative estimate of drug-likeness (QED) is 0.109. The van der Waals surface area contributed by atoms with Crippen LogP contribution in [0.4, 0.5) is 0 Å². The van der Waals surface area contributed by atoms with E-state index in [9.17, 15) is 50.8 Å². The van der Waals surface area contributed by atoms with Gasteiger partial charge in [0.1, 0.15) is 54.9 Å². The van der Waals surface area contributed by atoms with Gasteiger partial charge in [-0.1, -0.05) is 38.0 Å². The summed E-state index contributed by atoms with van der Waals surface area (Å²) in [6.45, 7) is 7.30. The summed E-state index contributed by atoms with van der Waals surface area (Å²) in [6, 6.07) is 0. The third kappa shape index (κ3) is 7.06. The molecular formula is C40H62O15. The van der Waals surface area contributed by atoms with Gasteiger partial charge in [0.2, 0.25) is 0 Å². The lowest BCUT2D eigenvalue weighted by Gasteiger charge is -2.60. The molecule has 3 aliphatic heterocycles. The van der Waals surface area contributed by atoms with Gasteiger partial charge in [-0.15, -0.1) is 0 Å². The Balaban J connectivity index is 1.00. The molecule has 3 heterocycles. The van der Waals surface area contributed by atoms with Crippen molar-refractivity contribution < 1.29 is 74.4 Å². The SMILES string of the molecule is CC1=C(CO)C(=O)OC(C(C)C2CCC3C4CC=C5CC(OC6OC(COC7OC(CO)C(O)C(O)C7O)C(O)C(O)C6O)CC(O)[C@]5(C)C4CC[C@]23C)C1. The Morgan fingerprint density at radius 1 is 0.855 bits per heavy atom. The maximum atomic E-state index is 12.7. The van der Waals surface area contributed by atoms with Gasteiger partial charge in [0.15, 0.2) is 12.6 Å². The zero-order valence-electron chi connectivity index (χ0n) is 32.2. The summed E-state index contributed by atoms with van der Waals surface area (Å²) in [5, 5.41) is 94.0. The number of rotatable bonds is 9. The molecule has 18 unspecified atom stereocenters. The molecule has 0 bridgehead atoms. The number of cyclic esters (lactones) is 1. The molecule has 20 atom stereocenters. The van der Waals surface area contributed by atoms with E-state index in [2.05, 4.69) is 26.8 Å². The number of hydrogen-bond donors (Lipinski definition) is 9. The number of ether oxygens (including phenoxy) is 5. The van der Waals surface area contributed by atoms with E-state index in [0.717, 1.165) is 43.3 Å². The van der Waals surface area contributed by atoms with Crippen molar-refractivity contribution in [3.63, 3.8) is 0 Å². The fourth-order valence-corrected chi connectivity index (χ4v) is 12.0. The molecule has 4 aliphatic carbocycles. The lowest BCUT2D eigenvalue weighted by Crippen LogP contribution is -2.62. The summed E-state index contributed by atoms with van der Waals surface area (Å²) in [7, 11) is 0. The minimum Gasteiger partial charge on any atom is -0.458 e. The molecule has 3 saturated carbocycles. The molecule has 2 saturated heterocycles. The second kappa shape index (κ2) is 15.9. The Morgan fingerprint density at radius 3 is 2.20 bits per heavy atom. The standard InChI is InChI=1S/C40H62O15/c1-17-11-26(53-36(50)22(17)14-41)18(2)23-7-8-24-21-6-5-19-12-20(13-29(43)40(19,4)25(21)9-10-39(23,24)3)52-38-35(49)33(47)31(45)28(55-38)16-51-37-34(48)32(46)30(44)27(15-42)54-37/h5,18,20-21,23-35,37-38,41-49H,6-16H2,1-4H3/t18?,20?,21?,23?,24?,25?,26?,27?,28?,29?,30?,31?,32?,33?,34?,35?,37?,38?,39-,40+/m1/s1. The van der Waals surface area contributed by atoms with E-state index in [1.54, 1.807) is 0 Å². The van der Waals surface area contributed by atoms with E-state index in [0.29, 0.717) is 36.2 Å². The van der Waals surface area contributed by atoms with E-state index in [4.69, 9.17) is 23.7 Å². The van der Waals surface area contributed by atoms with Crippen molar-refractivity contribution >= 4 is 5.97 Å². The number of allylic oxidation sites excluding steroid dienone is 1. The van der Waals surface area contributed by atoms with E-state index >= 15 is 0 Å². The maximum Gasteiger partial charge on any atom is 0.336 e. The molecule has 5 fully saturated rings. The highest BCUT2D eigenvalue weighted by atomic mass is 16.7. The van der Waals surface area contributed by atoms with Crippen molar-refractivity contribution in [2.24, 2.45) is 40.4 Å². The molecule has 15 nitrogen and oxygen atoms in total. The van der Waals surface area contributed by atoms with Crippen molar-refractivity contribution in [2.45, 2.75) is 159 Å². The Kier molecular flexibility index (Phi) is 12.0. The van der Waals surface area contributed by atoms with Crippen LogP contribution in [0.25, 0.3) is 0 Å². The number of aliphatic hydroxyl groups excluding tert-OH is 9. The molecule has 55 heavy (non-hydrogen) atoms. The average molecular weight is 783 g/mol. The van der Waals surface area contributed by atoms with Crippen molar-refractivity contribution in [1.29, 1.82) is 0 Å². The highest BCUT2D eigenvalue weighted by Gasteiger charge is 2.62. The third-order valence-corrected chi connectivity index (χ3v) is 15.4. The number of fused-ring (bicyclic) bond motifs is 5. The van der Waals surface area contributed by atoms with Crippen LogP contribution >= 0.6 is 0 Å². The van der Waals surface area contributed by atoms with Gasteiger partial charge >= 0.3 is 5.97 Å². The summed E-state index contributed by atoms with van der Waals surface area (Å²) in [5.41, 5.74) is 1.98. The Labute approximate surface area is 321 Å². The van der Waals surface area contributed by atoms with E-state index in [1.165, 1.54) is 0 Å². The lowest BCUT2D eigenvalue weighted by molar-refractivity contribution is -0.337. The van der Waals surface area contributed by atoms with Gasteiger partial charge in [0.05, 0.1) is 37.6 Å². The van der Waals surface area contributed by atoms with Crippen LogP contribution in [0, 0.1) is 40.4 Å². The van der Waals surface area contributed by atoms with Crippen LogP contribution in [-0.4, -0.2) is 151 Å². The van der Waals surface area contributed by atoms with Gasteiger partial charge in [0.25, 0.3) is 0 Å². The topological polar surface area (TPSA) is 245 Å². The molecule has 0 aromatic rings. The van der Waals surface area contributed by atoms with Crippen molar-refractivity contribution in [1.82, 2.24) is 0 Å². The number of carbonyl (C=O) groups is 1. The molecule has 312 valence electrons. The first-order valence-corrected chi connectivity index (χ1v) is 20.2. The maximum absolute atomic E-state index is 12.7. The molecular weight excluding hydrogens is 720 g/mol. The van der Waals surface area contributed by atoms with E-state index in [-0.39, 0.29) is 36.4 Å². The monoisotopic (exact) mass is 782 g/mol. The molecule has 0 aromatic carbocycles. The average Bonchev–Trinajstić information content (AvgIpc) is 3.51. The summed E-state index contributed by atoms with van der Waals surface area (Å²) >= 11 is 0. The zero-order chi connectivity index (χ0) is 39.7. The van der Waals surface area contributed by atoms with Crippen LogP contribution in [0.2, 0.25) is 0 Å². The molecule has 15 heteroatoms. The Morgan fingerprint density at radius 2 is 1.53 bits per heavy atom. The van der Waals surface area contributed by atoms with E-state index < -0.39 is 98.2 Å². The fraction of sp³-hybridized carbons (Fsp3) is 0.875. The molecule has 0 aromatic heterocycles. The first-order valence-electron chi connectivity index (χ1n) is 20.2. The molecule has 0 amide bonds. The van der Waals surface area contributed by atoms with Crippen LogP contribution in [0.15, 0.2) is 22.8 Å². The van der Waals surface area contributed by atoms with Crippen molar-refractivity contribution in [2.75, 3.05) is 19.8 Å². The van der Waals surface area contributed by atoms with Gasteiger partial charge in [-0.05, 0) is 80.5 Å². The first-order chi connectivity index (χ1) is 26.0. The number of carbonyl (C=O) groups excluding carboxylic acids is 1. The number of esters is 1. The predicted octanol–water partition coefficient (Wildman–Crippen LogP) is -0.194. The minimum atomic E-state index is -1.68. The zero-order valence-corrected chi connectivity index (χ0v) is 32.2. The highest BCUT2D eigenvalue weighted by Crippen LogP contribution is 2.67. The van der Waals surface area contributed by atoms with Gasteiger partial charge in [-0.2, -0.15) is 0 Å². The van der Waals surface area contributed by atoms with Crippen LogP contribution in [-0.2, 0) is 28.5 Å². The van der Waals surface area contributed by atoms with Crippen LogP contribution in [0.5, 0.6) is 0 Å². The Hall–Kier alpha value is -1.57. The lowest BCUT2D eigenvalue weighted by atomic mass is 9.46. The highest BCUT2D eigenvalue weighted by molar-refractivity contribution is 5.90. The third-order valence-electron chi connectivity index (χ3n) is 15.4. The van der Waals surface area contributed by atoms with E-state index in [1.807, 2.05) is 6.92 Å². The van der Waals surface area contributed by atoms with Crippen LogP contribution in [0.3, 0.4) is 0 Å². The molecule has 7 rings (SSSR count). The van der Waals surface area contributed by atoms with Crippen LogP contribution in [0.1, 0.15) is 79.1 Å². The fourth-order valence-electron chi connectivity index (χ4n) is 12.0. The van der Waals surface area contributed by atoms with Gasteiger partial charge < -0.3 is 69.6 Å². The van der Waals surface area contributed by atoms with Gasteiger partial charge in [-0.3, -0.25) is 0 Å². The largest absolute Gasteiger partial charge is 0.458 e. The second-order valence-corrected chi connectivity index (χ2v) is 18.0.